The highest BCUT2D eigenvalue weighted by molar-refractivity contribution is 5.86. The minimum absolute atomic E-state index is 0.0452. The lowest BCUT2D eigenvalue weighted by Gasteiger charge is -2.07. The fourth-order valence-electron chi connectivity index (χ4n) is 3.82. The Morgan fingerprint density at radius 2 is 2.00 bits per heavy atom. The third-order valence-corrected chi connectivity index (χ3v) is 5.52. The molecule has 0 aliphatic heterocycles. The van der Waals surface area contributed by atoms with Gasteiger partial charge in [-0.2, -0.15) is 5.10 Å². The molecule has 12 heteroatoms. The van der Waals surface area contributed by atoms with Crippen LogP contribution in [-0.4, -0.2) is 41.9 Å². The van der Waals surface area contributed by atoms with Crippen molar-refractivity contribution >= 4 is 33.6 Å². The van der Waals surface area contributed by atoms with Gasteiger partial charge >= 0.3 is 0 Å². The van der Waals surface area contributed by atoms with E-state index in [1.54, 1.807) is 22.9 Å². The number of hydrogen-bond donors (Lipinski definition) is 1. The molecule has 0 saturated heterocycles. The van der Waals surface area contributed by atoms with Crippen LogP contribution in [0.5, 0.6) is 0 Å². The number of hydrogen-bond acceptors (Lipinski definition) is 8. The number of aromatic nitrogens is 5. The fourth-order valence-corrected chi connectivity index (χ4v) is 3.82. The van der Waals surface area contributed by atoms with Crippen molar-refractivity contribution < 1.29 is 14.2 Å². The molecular formula is C23H19N7O5. The van der Waals surface area contributed by atoms with E-state index < -0.39 is 4.92 Å². The Morgan fingerprint density at radius 1 is 1.14 bits per heavy atom. The smallest absolute Gasteiger partial charge is 0.269 e. The van der Waals surface area contributed by atoms with Gasteiger partial charge in [0, 0.05) is 24.1 Å². The van der Waals surface area contributed by atoms with Crippen molar-refractivity contribution in [3.8, 4) is 0 Å². The molecule has 3 aromatic heterocycles. The van der Waals surface area contributed by atoms with E-state index in [-0.39, 0.29) is 36.7 Å². The number of non-ortho nitro benzene ring substituents is 1. The van der Waals surface area contributed by atoms with Gasteiger partial charge in [-0.05, 0) is 17.7 Å². The van der Waals surface area contributed by atoms with Gasteiger partial charge in [-0.25, -0.2) is 9.67 Å². The number of amides is 1. The van der Waals surface area contributed by atoms with Crippen LogP contribution in [0.2, 0.25) is 0 Å². The molecule has 5 rings (SSSR count). The Hall–Kier alpha value is -4.87. The summed E-state index contributed by atoms with van der Waals surface area (Å²) < 4.78 is 8.14. The topological polar surface area (TPSA) is 151 Å². The normalized spacial score (nSPS) is 11.2. The van der Waals surface area contributed by atoms with E-state index in [4.69, 9.17) is 4.52 Å². The first-order valence-electron chi connectivity index (χ1n) is 10.7. The van der Waals surface area contributed by atoms with Crippen LogP contribution in [-0.2, 0) is 24.3 Å². The highest BCUT2D eigenvalue weighted by Crippen LogP contribution is 2.18. The number of nitrogens with one attached hydrogen (secondary N) is 1. The Morgan fingerprint density at radius 3 is 2.86 bits per heavy atom. The third kappa shape index (κ3) is 4.49. The van der Waals surface area contributed by atoms with Crippen LogP contribution in [0.15, 0.2) is 70.4 Å². The molecule has 1 N–H and O–H groups in total. The molecule has 12 nitrogen and oxygen atoms in total. The zero-order chi connectivity index (χ0) is 24.4. The molecule has 5 aromatic rings. The summed E-state index contributed by atoms with van der Waals surface area (Å²) in [7, 11) is 0. The molecular weight excluding hydrogens is 454 g/mol. The quantitative estimate of drug-likeness (QED) is 0.266. The molecule has 0 bridgehead atoms. The van der Waals surface area contributed by atoms with Crippen molar-refractivity contribution in [1.82, 2.24) is 29.8 Å². The molecule has 0 aliphatic carbocycles. The Kier molecular flexibility index (Phi) is 5.75. The largest absolute Gasteiger partial charge is 0.356 e. The SMILES string of the molecule is O=C(Cc1noc2ccccc12)NCCn1ncc2c(=O)n(Cc3cccc([N+](=O)[O-])c3)cnc21. The number of nitro groups is 1. The van der Waals surface area contributed by atoms with Gasteiger partial charge in [-0.15, -0.1) is 0 Å². The van der Waals surface area contributed by atoms with E-state index in [9.17, 15) is 19.7 Å². The number of nitro benzene ring substituents is 1. The molecule has 0 spiro atoms. The first-order chi connectivity index (χ1) is 17.0. The molecule has 176 valence electrons. The summed E-state index contributed by atoms with van der Waals surface area (Å²) in [5.74, 6) is -0.215. The van der Waals surface area contributed by atoms with Gasteiger partial charge in [0.1, 0.15) is 17.4 Å². The van der Waals surface area contributed by atoms with Gasteiger partial charge < -0.3 is 9.84 Å². The van der Waals surface area contributed by atoms with E-state index in [0.29, 0.717) is 34.4 Å². The summed E-state index contributed by atoms with van der Waals surface area (Å²) in [6.45, 7) is 0.738. The minimum Gasteiger partial charge on any atom is -0.356 e. The maximum Gasteiger partial charge on any atom is 0.269 e. The van der Waals surface area contributed by atoms with E-state index >= 15 is 0 Å². The molecule has 0 aliphatic rings. The Bertz CT molecular complexity index is 1620. The monoisotopic (exact) mass is 473 g/mol. The van der Waals surface area contributed by atoms with E-state index in [2.05, 4.69) is 20.6 Å². The minimum atomic E-state index is -0.482. The third-order valence-electron chi connectivity index (χ3n) is 5.52. The molecule has 1 amide bonds. The molecule has 0 saturated carbocycles. The second kappa shape index (κ2) is 9.17. The molecule has 0 atom stereocenters. The Labute approximate surface area is 196 Å². The summed E-state index contributed by atoms with van der Waals surface area (Å²) in [6, 6.07) is 13.4. The highest BCUT2D eigenvalue weighted by atomic mass is 16.6. The van der Waals surface area contributed by atoms with E-state index in [0.717, 1.165) is 5.39 Å². The maximum atomic E-state index is 12.9. The van der Waals surface area contributed by atoms with Crippen LogP contribution in [0.4, 0.5) is 5.69 Å². The summed E-state index contributed by atoms with van der Waals surface area (Å²) in [6.07, 6.45) is 2.89. The molecule has 0 radical (unpaired) electrons. The molecule has 2 aromatic carbocycles. The molecule has 0 unspecified atom stereocenters. The predicted octanol–water partition coefficient (Wildman–Crippen LogP) is 2.05. The van der Waals surface area contributed by atoms with Gasteiger partial charge in [-0.1, -0.05) is 29.4 Å². The van der Waals surface area contributed by atoms with Gasteiger partial charge in [-0.3, -0.25) is 24.3 Å². The van der Waals surface area contributed by atoms with Crippen LogP contribution in [0, 0.1) is 10.1 Å². The Balaban J connectivity index is 1.24. The first kappa shape index (κ1) is 21.9. The van der Waals surface area contributed by atoms with Gasteiger partial charge in [0.25, 0.3) is 11.2 Å². The summed E-state index contributed by atoms with van der Waals surface area (Å²) >= 11 is 0. The lowest BCUT2D eigenvalue weighted by atomic mass is 10.1. The summed E-state index contributed by atoms with van der Waals surface area (Å²) in [5.41, 5.74) is 1.83. The van der Waals surface area contributed by atoms with Gasteiger partial charge in [0.05, 0.1) is 30.6 Å². The fraction of sp³-hybridized carbons (Fsp3) is 0.174. The van der Waals surface area contributed by atoms with Crippen LogP contribution >= 0.6 is 0 Å². The second-order valence-corrected chi connectivity index (χ2v) is 7.86. The number of rotatable bonds is 8. The average Bonchev–Trinajstić information content (AvgIpc) is 3.46. The molecule has 0 fully saturated rings. The molecule has 35 heavy (non-hydrogen) atoms. The van der Waals surface area contributed by atoms with E-state index in [1.807, 2.05) is 18.2 Å². The lowest BCUT2D eigenvalue weighted by molar-refractivity contribution is -0.384. The van der Waals surface area contributed by atoms with Crippen LogP contribution in [0.3, 0.4) is 0 Å². The van der Waals surface area contributed by atoms with Crippen LogP contribution < -0.4 is 10.9 Å². The zero-order valence-electron chi connectivity index (χ0n) is 18.3. The standard InChI is InChI=1S/C23H19N7O5/c31-21(11-19-17-6-1-2-7-20(17)35-27-19)24-8-9-29-22-18(12-26-29)23(32)28(14-25-22)13-15-4-3-5-16(10-15)30(33)34/h1-7,10,12,14H,8-9,11,13H2,(H,24,31). The number of carbonyl (C=O) groups is 1. The summed E-state index contributed by atoms with van der Waals surface area (Å²) in [5, 5.41) is 23.1. The number of carbonyl (C=O) groups excluding carboxylic acids is 1. The van der Waals surface area contributed by atoms with Crippen molar-refractivity contribution in [3.63, 3.8) is 0 Å². The van der Waals surface area contributed by atoms with Gasteiger partial charge in [0.15, 0.2) is 11.2 Å². The number of fused-ring (bicyclic) bond motifs is 2. The van der Waals surface area contributed by atoms with E-state index in [1.165, 1.54) is 29.2 Å². The van der Waals surface area contributed by atoms with Crippen molar-refractivity contribution in [1.29, 1.82) is 0 Å². The maximum absolute atomic E-state index is 12.9. The average molecular weight is 473 g/mol. The number of nitrogens with zero attached hydrogens (tertiary/aromatic N) is 6. The van der Waals surface area contributed by atoms with Crippen molar-refractivity contribution in [2.45, 2.75) is 19.5 Å². The van der Waals surface area contributed by atoms with Crippen molar-refractivity contribution in [2.75, 3.05) is 6.54 Å². The number of para-hydroxylation sites is 1. The predicted molar refractivity (Wildman–Crippen MR) is 125 cm³/mol. The molecule has 3 heterocycles. The van der Waals surface area contributed by atoms with Crippen molar-refractivity contribution in [3.05, 3.63) is 92.8 Å². The summed E-state index contributed by atoms with van der Waals surface area (Å²) in [4.78, 5) is 40.1. The number of benzene rings is 2. The van der Waals surface area contributed by atoms with Crippen LogP contribution in [0.25, 0.3) is 22.0 Å². The zero-order valence-corrected chi connectivity index (χ0v) is 18.3. The lowest BCUT2D eigenvalue weighted by Crippen LogP contribution is -2.29. The first-order valence-corrected chi connectivity index (χ1v) is 10.7. The van der Waals surface area contributed by atoms with Gasteiger partial charge in [0.2, 0.25) is 5.91 Å². The van der Waals surface area contributed by atoms with Crippen molar-refractivity contribution in [2.24, 2.45) is 0 Å². The van der Waals surface area contributed by atoms with Crippen LogP contribution in [0.1, 0.15) is 11.3 Å². The highest BCUT2D eigenvalue weighted by Gasteiger charge is 2.14. The second-order valence-electron chi connectivity index (χ2n) is 7.86.